The standard InChI is InChI=1S/C19H20N4O4/c1-10-9-20-26-16(10)18(24)21-15-7-5-12-8-13(4-6-14(12)15)17-22-19(27-23-17)11(2)25-3/h4,6,8-9,11,15H,5,7H2,1-3H3,(H,21,24)/t11?,15-/m1/s1. The van der Waals surface area contributed by atoms with E-state index in [4.69, 9.17) is 13.8 Å². The highest BCUT2D eigenvalue weighted by molar-refractivity contribution is 5.93. The first-order valence-electron chi connectivity index (χ1n) is 8.78. The zero-order chi connectivity index (χ0) is 19.0. The van der Waals surface area contributed by atoms with Gasteiger partial charge in [0.25, 0.3) is 11.8 Å². The molecule has 1 aromatic carbocycles. The van der Waals surface area contributed by atoms with E-state index < -0.39 is 0 Å². The molecule has 1 aliphatic carbocycles. The predicted molar refractivity (Wildman–Crippen MR) is 94.9 cm³/mol. The van der Waals surface area contributed by atoms with Crippen LogP contribution in [0.2, 0.25) is 0 Å². The van der Waals surface area contributed by atoms with Crippen LogP contribution >= 0.6 is 0 Å². The van der Waals surface area contributed by atoms with Crippen LogP contribution < -0.4 is 5.32 Å². The van der Waals surface area contributed by atoms with E-state index in [9.17, 15) is 4.79 Å². The molecule has 2 aromatic heterocycles. The van der Waals surface area contributed by atoms with Gasteiger partial charge < -0.3 is 19.1 Å². The van der Waals surface area contributed by atoms with Crippen molar-refractivity contribution >= 4 is 5.91 Å². The van der Waals surface area contributed by atoms with Gasteiger partial charge in [-0.2, -0.15) is 4.98 Å². The van der Waals surface area contributed by atoms with Crippen LogP contribution in [0, 0.1) is 6.92 Å². The average molecular weight is 368 g/mol. The van der Waals surface area contributed by atoms with Crippen LogP contribution in [0.3, 0.4) is 0 Å². The number of hydrogen-bond acceptors (Lipinski definition) is 7. The molecule has 0 saturated carbocycles. The molecular formula is C19H20N4O4. The smallest absolute Gasteiger partial charge is 0.290 e. The molecule has 8 heteroatoms. The number of benzene rings is 1. The minimum absolute atomic E-state index is 0.0552. The van der Waals surface area contributed by atoms with Crippen LogP contribution in [0.15, 0.2) is 33.4 Å². The van der Waals surface area contributed by atoms with Gasteiger partial charge >= 0.3 is 0 Å². The van der Waals surface area contributed by atoms with Crippen LogP contribution in [-0.2, 0) is 11.2 Å². The number of methoxy groups -OCH3 is 1. The van der Waals surface area contributed by atoms with Gasteiger partial charge in [0.2, 0.25) is 11.6 Å². The molecule has 0 spiro atoms. The van der Waals surface area contributed by atoms with E-state index in [-0.39, 0.29) is 23.8 Å². The van der Waals surface area contributed by atoms with Crippen molar-refractivity contribution in [3.05, 3.63) is 52.7 Å². The third-order valence-corrected chi connectivity index (χ3v) is 4.88. The fraction of sp³-hybridized carbons (Fsp3) is 0.368. The lowest BCUT2D eigenvalue weighted by Crippen LogP contribution is -2.27. The maximum Gasteiger partial charge on any atom is 0.290 e. The molecule has 4 rings (SSSR count). The van der Waals surface area contributed by atoms with E-state index in [0.717, 1.165) is 29.5 Å². The molecule has 2 atom stereocenters. The zero-order valence-electron chi connectivity index (χ0n) is 15.4. The van der Waals surface area contributed by atoms with Gasteiger partial charge in [-0.3, -0.25) is 4.79 Å². The Kier molecular flexibility index (Phi) is 4.49. The maximum absolute atomic E-state index is 12.4. The number of aromatic nitrogens is 3. The first-order chi connectivity index (χ1) is 13.1. The first-order valence-corrected chi connectivity index (χ1v) is 8.78. The summed E-state index contributed by atoms with van der Waals surface area (Å²) in [5.74, 6) is 0.983. The minimum atomic E-state index is -0.250. The van der Waals surface area contributed by atoms with Gasteiger partial charge in [0.05, 0.1) is 12.2 Å². The molecule has 8 nitrogen and oxygen atoms in total. The Labute approximate surface area is 155 Å². The predicted octanol–water partition coefficient (Wildman–Crippen LogP) is 3.16. The fourth-order valence-electron chi connectivity index (χ4n) is 3.26. The summed E-state index contributed by atoms with van der Waals surface area (Å²) in [5, 5.41) is 10.7. The van der Waals surface area contributed by atoms with Gasteiger partial charge in [-0.1, -0.05) is 22.4 Å². The molecule has 27 heavy (non-hydrogen) atoms. The molecule has 2 heterocycles. The molecule has 3 aromatic rings. The van der Waals surface area contributed by atoms with Gasteiger partial charge in [0.15, 0.2) is 0 Å². The van der Waals surface area contributed by atoms with E-state index in [2.05, 4.69) is 20.6 Å². The highest BCUT2D eigenvalue weighted by atomic mass is 16.5. The SMILES string of the molecule is COC(C)c1nc(-c2ccc3c(c2)CC[C@H]3NC(=O)c2oncc2C)no1. The van der Waals surface area contributed by atoms with Crippen molar-refractivity contribution in [3.8, 4) is 11.4 Å². The van der Waals surface area contributed by atoms with Gasteiger partial charge in [0.1, 0.15) is 6.10 Å². The number of carbonyl (C=O) groups is 1. The Balaban J connectivity index is 1.53. The number of carbonyl (C=O) groups excluding carboxylic acids is 1. The molecule has 0 fully saturated rings. The molecule has 140 valence electrons. The van der Waals surface area contributed by atoms with Gasteiger partial charge in [-0.15, -0.1) is 0 Å². The van der Waals surface area contributed by atoms with Crippen LogP contribution in [0.25, 0.3) is 11.4 Å². The highest BCUT2D eigenvalue weighted by Gasteiger charge is 2.27. The Morgan fingerprint density at radius 3 is 2.96 bits per heavy atom. The minimum Gasteiger partial charge on any atom is -0.372 e. The summed E-state index contributed by atoms with van der Waals surface area (Å²) in [6.45, 7) is 3.65. The summed E-state index contributed by atoms with van der Waals surface area (Å²) in [6, 6.07) is 5.94. The van der Waals surface area contributed by atoms with Crippen molar-refractivity contribution in [3.63, 3.8) is 0 Å². The molecule has 0 radical (unpaired) electrons. The average Bonchev–Trinajstić information content (AvgIpc) is 3.40. The second-order valence-electron chi connectivity index (χ2n) is 6.65. The summed E-state index contributed by atoms with van der Waals surface area (Å²) in [6.07, 6.45) is 2.98. The zero-order valence-corrected chi connectivity index (χ0v) is 15.4. The molecule has 0 bridgehead atoms. The van der Waals surface area contributed by atoms with Crippen LogP contribution in [-0.4, -0.2) is 28.3 Å². The van der Waals surface area contributed by atoms with Crippen molar-refractivity contribution < 1.29 is 18.6 Å². The maximum atomic E-state index is 12.4. The molecular weight excluding hydrogens is 348 g/mol. The first kappa shape index (κ1) is 17.4. The number of nitrogens with one attached hydrogen (secondary N) is 1. The summed E-state index contributed by atoms with van der Waals surface area (Å²) >= 11 is 0. The van der Waals surface area contributed by atoms with E-state index in [1.165, 1.54) is 11.8 Å². The highest BCUT2D eigenvalue weighted by Crippen LogP contribution is 2.34. The van der Waals surface area contributed by atoms with E-state index in [0.29, 0.717) is 11.7 Å². The fourth-order valence-corrected chi connectivity index (χ4v) is 3.26. The lowest BCUT2D eigenvalue weighted by atomic mass is 10.0. The van der Waals surface area contributed by atoms with E-state index >= 15 is 0 Å². The second-order valence-corrected chi connectivity index (χ2v) is 6.65. The van der Waals surface area contributed by atoms with E-state index in [1.807, 2.05) is 25.1 Å². The second kappa shape index (κ2) is 6.96. The quantitative estimate of drug-likeness (QED) is 0.738. The monoisotopic (exact) mass is 368 g/mol. The summed E-state index contributed by atoms with van der Waals surface area (Å²) in [7, 11) is 1.60. The number of fused-ring (bicyclic) bond motifs is 1. The van der Waals surface area contributed by atoms with Gasteiger partial charge in [-0.05, 0) is 43.9 Å². The molecule has 1 unspecified atom stereocenters. The Bertz CT molecular complexity index is 978. The van der Waals surface area contributed by atoms with E-state index in [1.54, 1.807) is 14.0 Å². The molecule has 0 saturated heterocycles. The van der Waals surface area contributed by atoms with Crippen molar-refractivity contribution in [2.24, 2.45) is 0 Å². The number of ether oxygens (including phenoxy) is 1. The number of rotatable bonds is 5. The van der Waals surface area contributed by atoms with Crippen molar-refractivity contribution in [2.45, 2.75) is 38.8 Å². The number of hydrogen-bond donors (Lipinski definition) is 1. The molecule has 0 aliphatic heterocycles. The number of amides is 1. The van der Waals surface area contributed by atoms with Crippen LogP contribution in [0.4, 0.5) is 0 Å². The summed E-state index contributed by atoms with van der Waals surface area (Å²) in [5.41, 5.74) is 3.86. The van der Waals surface area contributed by atoms with Gasteiger partial charge in [0, 0.05) is 18.2 Å². The lowest BCUT2D eigenvalue weighted by molar-refractivity contribution is 0.0886. The normalized spacial score (nSPS) is 16.9. The number of aryl methyl sites for hydroxylation is 2. The van der Waals surface area contributed by atoms with Crippen LogP contribution in [0.5, 0.6) is 0 Å². The molecule has 1 amide bonds. The topological polar surface area (TPSA) is 103 Å². The summed E-state index contributed by atoms with van der Waals surface area (Å²) in [4.78, 5) is 16.8. The third-order valence-electron chi connectivity index (χ3n) is 4.88. The third kappa shape index (κ3) is 3.23. The Morgan fingerprint density at radius 1 is 1.37 bits per heavy atom. The Morgan fingerprint density at radius 2 is 2.22 bits per heavy atom. The van der Waals surface area contributed by atoms with Gasteiger partial charge in [-0.25, -0.2) is 0 Å². The largest absolute Gasteiger partial charge is 0.372 e. The molecule has 1 N–H and O–H groups in total. The lowest BCUT2D eigenvalue weighted by Gasteiger charge is -2.13. The Hall–Kier alpha value is -3.00. The van der Waals surface area contributed by atoms with Crippen molar-refractivity contribution in [2.75, 3.05) is 7.11 Å². The number of nitrogens with zero attached hydrogens (tertiary/aromatic N) is 3. The van der Waals surface area contributed by atoms with Crippen molar-refractivity contribution in [1.82, 2.24) is 20.6 Å². The summed E-state index contributed by atoms with van der Waals surface area (Å²) < 4.78 is 15.5. The van der Waals surface area contributed by atoms with Crippen molar-refractivity contribution in [1.29, 1.82) is 0 Å². The van der Waals surface area contributed by atoms with Crippen LogP contribution in [0.1, 0.15) is 58.6 Å². The molecule has 1 aliphatic rings.